The molecular weight excluding hydrogens is 418 g/mol. The predicted molar refractivity (Wildman–Crippen MR) is 148 cm³/mol. The topological polar surface area (TPSA) is 39.1 Å². The lowest BCUT2D eigenvalue weighted by atomic mass is 9.84. The molecule has 0 spiro atoms. The number of para-hydroxylation sites is 1. The van der Waals surface area contributed by atoms with Gasteiger partial charge in [-0.25, -0.2) is 0 Å². The summed E-state index contributed by atoms with van der Waals surface area (Å²) in [5.41, 5.74) is 3.66. The second-order valence-corrected chi connectivity index (χ2v) is 10.4. The van der Waals surface area contributed by atoms with E-state index in [1.54, 1.807) is 13.0 Å². The van der Waals surface area contributed by atoms with Crippen molar-refractivity contribution in [2.24, 2.45) is 22.7 Å². The molecule has 3 unspecified atom stereocenters. The molecule has 0 bridgehead atoms. The molecule has 0 saturated carbocycles. The van der Waals surface area contributed by atoms with E-state index >= 15 is 0 Å². The van der Waals surface area contributed by atoms with Gasteiger partial charge in [-0.1, -0.05) is 65.0 Å². The maximum absolute atomic E-state index is 9.38. The molecule has 4 nitrogen and oxygen atoms in total. The molecule has 0 radical (unpaired) electrons. The van der Waals surface area contributed by atoms with Crippen LogP contribution in [0.4, 0.5) is 5.69 Å². The first-order valence-electron chi connectivity index (χ1n) is 13.4. The van der Waals surface area contributed by atoms with Crippen LogP contribution in [0.2, 0.25) is 0 Å². The number of hydrogen-bond donors (Lipinski definition) is 1. The zero-order chi connectivity index (χ0) is 25.1. The molecule has 34 heavy (non-hydrogen) atoms. The lowest BCUT2D eigenvalue weighted by Crippen LogP contribution is -2.44. The van der Waals surface area contributed by atoms with Crippen LogP contribution in [0.1, 0.15) is 66.9 Å². The van der Waals surface area contributed by atoms with Crippen molar-refractivity contribution in [1.82, 2.24) is 9.80 Å². The minimum atomic E-state index is 0.360. The molecule has 0 aliphatic carbocycles. The van der Waals surface area contributed by atoms with Crippen LogP contribution in [-0.4, -0.2) is 59.4 Å². The Bertz CT molecular complexity index is 824. The third-order valence-electron chi connectivity index (χ3n) is 7.51. The van der Waals surface area contributed by atoms with Gasteiger partial charge in [0.1, 0.15) is 0 Å². The number of aliphatic imine (C=N–C) groups is 1. The Hall–Kier alpha value is -1.91. The van der Waals surface area contributed by atoms with Gasteiger partial charge in [0.15, 0.2) is 0 Å². The van der Waals surface area contributed by atoms with Crippen molar-refractivity contribution in [3.63, 3.8) is 0 Å². The van der Waals surface area contributed by atoms with Gasteiger partial charge >= 0.3 is 0 Å². The van der Waals surface area contributed by atoms with Gasteiger partial charge in [0, 0.05) is 31.4 Å². The number of hydrogen-bond acceptors (Lipinski definition) is 4. The Kier molecular flexibility index (Phi) is 12.1. The van der Waals surface area contributed by atoms with Crippen molar-refractivity contribution in [2.75, 3.05) is 32.7 Å². The highest BCUT2D eigenvalue weighted by Crippen LogP contribution is 2.25. The fraction of sp³-hybridized carbons (Fsp3) is 0.633. The van der Waals surface area contributed by atoms with E-state index in [-0.39, 0.29) is 0 Å². The van der Waals surface area contributed by atoms with Gasteiger partial charge in [-0.15, -0.1) is 0 Å². The summed E-state index contributed by atoms with van der Waals surface area (Å²) in [7, 11) is 0. The maximum atomic E-state index is 9.38. The zero-order valence-corrected chi connectivity index (χ0v) is 22.8. The molecule has 190 valence electrons. The average Bonchev–Trinajstić information content (AvgIpc) is 2.99. The minimum Gasteiger partial charge on any atom is -0.513 e. The standard InChI is InChI=1S/C30H49N3O/c1-8-28-16-10-11-17-30(28)31-25(5)21-32-18-13-19-33(29(9-2)22-32)20-24(4)27(7)23(3)14-12-15-26(6)34/h10-12,14-17,23-24,27,29,34H,8-9,13,18-22H2,1-7H3/b14-12-,26-15+,31-25?/t23?,24?,27-,29?/m1/s1. The molecule has 4 heteroatoms. The second kappa shape index (κ2) is 14.5. The third-order valence-corrected chi connectivity index (χ3v) is 7.51. The van der Waals surface area contributed by atoms with Crippen LogP contribution in [0, 0.1) is 17.8 Å². The van der Waals surface area contributed by atoms with E-state index in [9.17, 15) is 5.11 Å². The van der Waals surface area contributed by atoms with Crippen molar-refractivity contribution in [1.29, 1.82) is 0 Å². The largest absolute Gasteiger partial charge is 0.513 e. The first-order chi connectivity index (χ1) is 16.2. The summed E-state index contributed by atoms with van der Waals surface area (Å²) < 4.78 is 0. The number of aliphatic hydroxyl groups is 1. The Labute approximate surface area is 209 Å². The maximum Gasteiger partial charge on any atom is 0.0891 e. The fourth-order valence-electron chi connectivity index (χ4n) is 5.04. The van der Waals surface area contributed by atoms with E-state index in [1.807, 2.05) is 6.08 Å². The van der Waals surface area contributed by atoms with Gasteiger partial charge in [-0.2, -0.15) is 0 Å². The number of aryl methyl sites for hydroxylation is 1. The van der Waals surface area contributed by atoms with Gasteiger partial charge in [-0.05, 0) is 81.7 Å². The highest BCUT2D eigenvalue weighted by Gasteiger charge is 2.27. The molecule has 4 atom stereocenters. The molecule has 1 saturated heterocycles. The molecule has 1 fully saturated rings. The average molecular weight is 468 g/mol. The number of aliphatic hydroxyl groups excluding tert-OH is 1. The Balaban J connectivity index is 1.98. The molecule has 2 rings (SSSR count). The highest BCUT2D eigenvalue weighted by atomic mass is 16.3. The van der Waals surface area contributed by atoms with Crippen LogP contribution in [0.5, 0.6) is 0 Å². The highest BCUT2D eigenvalue weighted by molar-refractivity contribution is 5.86. The van der Waals surface area contributed by atoms with Gasteiger partial charge in [0.05, 0.1) is 11.4 Å². The molecule has 0 aromatic heterocycles. The Morgan fingerprint density at radius 2 is 1.88 bits per heavy atom. The van der Waals surface area contributed by atoms with Crippen LogP contribution in [0.3, 0.4) is 0 Å². The Morgan fingerprint density at radius 1 is 1.15 bits per heavy atom. The van der Waals surface area contributed by atoms with Crippen molar-refractivity contribution >= 4 is 11.4 Å². The number of rotatable bonds is 11. The molecule has 1 heterocycles. The molecule has 1 aliphatic heterocycles. The smallest absolute Gasteiger partial charge is 0.0891 e. The van der Waals surface area contributed by atoms with Gasteiger partial charge in [-0.3, -0.25) is 14.8 Å². The summed E-state index contributed by atoms with van der Waals surface area (Å²) in [5.74, 6) is 2.06. The molecular formula is C30H49N3O. The summed E-state index contributed by atoms with van der Waals surface area (Å²) in [6, 6.07) is 9.12. The minimum absolute atomic E-state index is 0.360. The van der Waals surface area contributed by atoms with E-state index in [0.717, 1.165) is 38.3 Å². The van der Waals surface area contributed by atoms with Crippen molar-refractivity contribution in [3.05, 3.63) is 53.8 Å². The molecule has 1 aromatic carbocycles. The predicted octanol–water partition coefficient (Wildman–Crippen LogP) is 7.05. The summed E-state index contributed by atoms with van der Waals surface area (Å²) >= 11 is 0. The van der Waals surface area contributed by atoms with E-state index in [4.69, 9.17) is 4.99 Å². The van der Waals surface area contributed by atoms with Crippen LogP contribution < -0.4 is 0 Å². The van der Waals surface area contributed by atoms with E-state index < -0.39 is 0 Å². The number of nitrogens with zero attached hydrogens (tertiary/aromatic N) is 3. The van der Waals surface area contributed by atoms with Crippen LogP contribution in [0.25, 0.3) is 0 Å². The zero-order valence-electron chi connectivity index (χ0n) is 22.8. The Morgan fingerprint density at radius 3 is 2.56 bits per heavy atom. The van der Waals surface area contributed by atoms with Crippen molar-refractivity contribution < 1.29 is 5.11 Å². The van der Waals surface area contributed by atoms with E-state index in [2.05, 4.69) is 81.7 Å². The molecule has 1 aliphatic rings. The number of benzene rings is 1. The number of allylic oxidation sites excluding steroid dienone is 4. The first-order valence-corrected chi connectivity index (χ1v) is 13.4. The molecule has 1 aromatic rings. The summed E-state index contributed by atoms with van der Waals surface area (Å²) in [6.45, 7) is 21.0. The monoisotopic (exact) mass is 467 g/mol. The SMILES string of the molecule is CCc1ccccc1N=C(C)CN1CCCN(CC(C)[C@H](C)C(C)/C=C\C=C(/C)O)C(CC)C1. The van der Waals surface area contributed by atoms with Crippen LogP contribution >= 0.6 is 0 Å². The second-order valence-electron chi connectivity index (χ2n) is 10.4. The molecule has 1 N–H and O–H groups in total. The van der Waals surface area contributed by atoms with Crippen LogP contribution in [-0.2, 0) is 6.42 Å². The van der Waals surface area contributed by atoms with Crippen molar-refractivity contribution in [3.8, 4) is 0 Å². The lowest BCUT2D eigenvalue weighted by Gasteiger charge is -2.35. The van der Waals surface area contributed by atoms with E-state index in [0.29, 0.717) is 29.6 Å². The summed E-state index contributed by atoms with van der Waals surface area (Å²) in [5, 5.41) is 9.38. The third kappa shape index (κ3) is 9.03. The van der Waals surface area contributed by atoms with Gasteiger partial charge in [0.25, 0.3) is 0 Å². The molecule has 0 amide bonds. The van der Waals surface area contributed by atoms with Crippen LogP contribution in [0.15, 0.2) is 53.2 Å². The van der Waals surface area contributed by atoms with Gasteiger partial charge < -0.3 is 5.11 Å². The van der Waals surface area contributed by atoms with E-state index in [1.165, 1.54) is 30.7 Å². The first kappa shape index (κ1) is 28.3. The summed E-state index contributed by atoms with van der Waals surface area (Å²) in [6.07, 6.45) is 9.41. The van der Waals surface area contributed by atoms with Crippen molar-refractivity contribution in [2.45, 2.75) is 73.8 Å². The summed E-state index contributed by atoms with van der Waals surface area (Å²) in [4.78, 5) is 10.3. The van der Waals surface area contributed by atoms with Gasteiger partial charge in [0.2, 0.25) is 0 Å². The lowest BCUT2D eigenvalue weighted by molar-refractivity contribution is 0.135. The quantitative estimate of drug-likeness (QED) is 0.215. The fourth-order valence-corrected chi connectivity index (χ4v) is 5.04. The normalized spacial score (nSPS) is 22.0.